The van der Waals surface area contributed by atoms with Crippen molar-refractivity contribution < 1.29 is 4.79 Å². The minimum atomic E-state index is 0.121. The van der Waals surface area contributed by atoms with Crippen molar-refractivity contribution in [3.05, 3.63) is 48.2 Å². The van der Waals surface area contributed by atoms with E-state index in [1.807, 2.05) is 35.1 Å². The zero-order valence-corrected chi connectivity index (χ0v) is 11.3. The highest BCUT2D eigenvalue weighted by atomic mass is 16.1. The fourth-order valence-corrected chi connectivity index (χ4v) is 2.37. The van der Waals surface area contributed by atoms with Gasteiger partial charge in [0, 0.05) is 38.3 Å². The number of rotatable bonds is 3. The lowest BCUT2D eigenvalue weighted by Crippen LogP contribution is -2.28. The Morgan fingerprint density at radius 2 is 2.00 bits per heavy atom. The van der Waals surface area contributed by atoms with Gasteiger partial charge in [0.05, 0.1) is 6.54 Å². The molecule has 1 fully saturated rings. The Morgan fingerprint density at radius 1 is 1.15 bits per heavy atom. The van der Waals surface area contributed by atoms with E-state index in [-0.39, 0.29) is 5.91 Å². The molecule has 0 atom stereocenters. The summed E-state index contributed by atoms with van der Waals surface area (Å²) in [6, 6.07) is 12.3. The Balaban J connectivity index is 1.68. The van der Waals surface area contributed by atoms with Crippen LogP contribution < -0.4 is 10.2 Å². The Hall–Kier alpha value is -2.30. The largest absolute Gasteiger partial charge is 0.354 e. The van der Waals surface area contributed by atoms with Crippen molar-refractivity contribution in [3.63, 3.8) is 0 Å². The van der Waals surface area contributed by atoms with Crippen LogP contribution in [0.3, 0.4) is 0 Å². The van der Waals surface area contributed by atoms with Crippen molar-refractivity contribution in [2.45, 2.75) is 13.0 Å². The normalized spacial score (nSPS) is 15.8. The number of amides is 1. The first kappa shape index (κ1) is 12.7. The molecule has 20 heavy (non-hydrogen) atoms. The molecule has 1 aromatic heterocycles. The molecule has 1 amide bonds. The molecular weight excluding hydrogens is 252 g/mol. The Morgan fingerprint density at radius 3 is 2.85 bits per heavy atom. The number of benzene rings is 1. The van der Waals surface area contributed by atoms with Crippen LogP contribution in [0.1, 0.15) is 12.0 Å². The monoisotopic (exact) mass is 270 g/mol. The number of nitrogens with zero attached hydrogens (tertiary/aromatic N) is 3. The third-order valence-electron chi connectivity index (χ3n) is 3.45. The van der Waals surface area contributed by atoms with E-state index in [1.165, 1.54) is 5.56 Å². The molecule has 3 rings (SSSR count). The molecule has 2 heterocycles. The quantitative estimate of drug-likeness (QED) is 0.913. The van der Waals surface area contributed by atoms with Gasteiger partial charge >= 0.3 is 0 Å². The summed E-state index contributed by atoms with van der Waals surface area (Å²) in [7, 11) is 0. The fraction of sp³-hybridized carbons (Fsp3) is 0.333. The lowest BCUT2D eigenvalue weighted by Gasteiger charge is -2.18. The number of hydrogen-bond acceptors (Lipinski definition) is 3. The molecule has 1 aliphatic heterocycles. The van der Waals surface area contributed by atoms with Crippen LogP contribution in [0.15, 0.2) is 42.6 Å². The molecule has 0 radical (unpaired) electrons. The highest BCUT2D eigenvalue weighted by Gasteiger charge is 2.15. The molecule has 1 saturated heterocycles. The third kappa shape index (κ3) is 2.99. The highest BCUT2D eigenvalue weighted by Crippen LogP contribution is 2.13. The Kier molecular flexibility index (Phi) is 3.67. The molecule has 0 aliphatic carbocycles. The summed E-state index contributed by atoms with van der Waals surface area (Å²) in [6.07, 6.45) is 2.52. The van der Waals surface area contributed by atoms with Gasteiger partial charge in [0.15, 0.2) is 5.82 Å². The molecular formula is C15H18N4O. The van der Waals surface area contributed by atoms with Gasteiger partial charge in [-0.25, -0.2) is 0 Å². The summed E-state index contributed by atoms with van der Waals surface area (Å²) in [5.41, 5.74) is 1.23. The van der Waals surface area contributed by atoms with Crippen LogP contribution in [0.2, 0.25) is 0 Å². The van der Waals surface area contributed by atoms with Gasteiger partial charge in [-0.15, -0.1) is 0 Å². The summed E-state index contributed by atoms with van der Waals surface area (Å²) < 4.78 is 1.94. The smallest absolute Gasteiger partial charge is 0.221 e. The summed E-state index contributed by atoms with van der Waals surface area (Å²) >= 11 is 0. The molecule has 0 saturated carbocycles. The topological polar surface area (TPSA) is 50.2 Å². The average Bonchev–Trinajstić information content (AvgIpc) is 2.81. The van der Waals surface area contributed by atoms with E-state index in [4.69, 9.17) is 0 Å². The van der Waals surface area contributed by atoms with Gasteiger partial charge < -0.3 is 10.2 Å². The van der Waals surface area contributed by atoms with E-state index in [9.17, 15) is 4.79 Å². The van der Waals surface area contributed by atoms with E-state index in [2.05, 4.69) is 27.4 Å². The maximum atomic E-state index is 11.3. The van der Waals surface area contributed by atoms with Crippen LogP contribution in [-0.4, -0.2) is 35.3 Å². The van der Waals surface area contributed by atoms with Crippen molar-refractivity contribution in [3.8, 4) is 0 Å². The number of carbonyl (C=O) groups excluding carboxylic acids is 1. The molecule has 1 aromatic carbocycles. The van der Waals surface area contributed by atoms with Gasteiger partial charge in [-0.05, 0) is 5.56 Å². The summed E-state index contributed by atoms with van der Waals surface area (Å²) in [5, 5.41) is 7.48. The minimum Gasteiger partial charge on any atom is -0.354 e. The van der Waals surface area contributed by atoms with Crippen molar-refractivity contribution in [1.29, 1.82) is 0 Å². The molecule has 0 unspecified atom stereocenters. The number of anilines is 1. The first-order valence-electron chi connectivity index (χ1n) is 6.90. The number of aromatic nitrogens is 2. The van der Waals surface area contributed by atoms with Gasteiger partial charge in [0.25, 0.3) is 0 Å². The van der Waals surface area contributed by atoms with Crippen LogP contribution in [-0.2, 0) is 11.3 Å². The number of carbonyl (C=O) groups is 1. The van der Waals surface area contributed by atoms with Crippen molar-refractivity contribution >= 4 is 11.7 Å². The predicted molar refractivity (Wildman–Crippen MR) is 77.6 cm³/mol. The van der Waals surface area contributed by atoms with E-state index in [0.717, 1.165) is 25.5 Å². The molecule has 1 N–H and O–H groups in total. The molecule has 2 aromatic rings. The van der Waals surface area contributed by atoms with Crippen molar-refractivity contribution in [2.75, 3.05) is 24.5 Å². The minimum absolute atomic E-state index is 0.121. The molecule has 104 valence electrons. The van der Waals surface area contributed by atoms with Crippen LogP contribution in [0.25, 0.3) is 0 Å². The second kappa shape index (κ2) is 5.77. The van der Waals surface area contributed by atoms with Gasteiger partial charge in [0.1, 0.15) is 0 Å². The zero-order chi connectivity index (χ0) is 13.8. The fourth-order valence-electron chi connectivity index (χ4n) is 2.37. The van der Waals surface area contributed by atoms with Gasteiger partial charge in [-0.3, -0.25) is 9.48 Å². The van der Waals surface area contributed by atoms with E-state index in [0.29, 0.717) is 13.0 Å². The first-order valence-corrected chi connectivity index (χ1v) is 6.90. The maximum absolute atomic E-state index is 11.3. The van der Waals surface area contributed by atoms with E-state index in [1.54, 1.807) is 0 Å². The Bertz CT molecular complexity index is 579. The lowest BCUT2D eigenvalue weighted by molar-refractivity contribution is -0.120. The van der Waals surface area contributed by atoms with Crippen LogP contribution in [0.4, 0.5) is 5.82 Å². The van der Waals surface area contributed by atoms with Crippen LogP contribution in [0.5, 0.6) is 0 Å². The molecule has 1 aliphatic rings. The molecule has 5 heteroatoms. The SMILES string of the molecule is O=C1CCN(c2ccn(Cc3ccccc3)n2)CCN1. The first-order chi connectivity index (χ1) is 9.81. The molecule has 0 bridgehead atoms. The van der Waals surface area contributed by atoms with Gasteiger partial charge in [0.2, 0.25) is 5.91 Å². The number of nitrogens with one attached hydrogen (secondary N) is 1. The standard InChI is InChI=1S/C15H18N4O/c20-15-7-9-18(11-8-16-15)14-6-10-19(17-14)12-13-4-2-1-3-5-13/h1-6,10H,7-9,11-12H2,(H,16,20). The molecule has 0 spiro atoms. The lowest BCUT2D eigenvalue weighted by atomic mass is 10.2. The summed E-state index contributed by atoms with van der Waals surface area (Å²) in [5.74, 6) is 1.06. The summed E-state index contributed by atoms with van der Waals surface area (Å²) in [6.45, 7) is 3.00. The summed E-state index contributed by atoms with van der Waals surface area (Å²) in [4.78, 5) is 13.5. The highest BCUT2D eigenvalue weighted by molar-refractivity contribution is 5.77. The van der Waals surface area contributed by atoms with E-state index >= 15 is 0 Å². The van der Waals surface area contributed by atoms with Crippen molar-refractivity contribution in [2.24, 2.45) is 0 Å². The zero-order valence-electron chi connectivity index (χ0n) is 11.3. The molecule has 5 nitrogen and oxygen atoms in total. The van der Waals surface area contributed by atoms with Crippen LogP contribution in [0, 0.1) is 0 Å². The average molecular weight is 270 g/mol. The number of hydrogen-bond donors (Lipinski definition) is 1. The third-order valence-corrected chi connectivity index (χ3v) is 3.45. The van der Waals surface area contributed by atoms with Gasteiger partial charge in [-0.1, -0.05) is 30.3 Å². The van der Waals surface area contributed by atoms with Crippen molar-refractivity contribution in [1.82, 2.24) is 15.1 Å². The van der Waals surface area contributed by atoms with Crippen LogP contribution >= 0.6 is 0 Å². The van der Waals surface area contributed by atoms with Gasteiger partial charge in [-0.2, -0.15) is 5.10 Å². The maximum Gasteiger partial charge on any atom is 0.221 e. The Labute approximate surface area is 118 Å². The second-order valence-electron chi connectivity index (χ2n) is 4.94. The predicted octanol–water partition coefficient (Wildman–Crippen LogP) is 1.26. The second-order valence-corrected chi connectivity index (χ2v) is 4.94. The van der Waals surface area contributed by atoms with E-state index < -0.39 is 0 Å².